The van der Waals surface area contributed by atoms with Crippen LogP contribution in [-0.4, -0.2) is 34.5 Å². The van der Waals surface area contributed by atoms with Crippen molar-refractivity contribution in [2.75, 3.05) is 19.4 Å². The second-order valence-electron chi connectivity index (χ2n) is 8.29. The number of fused-ring (bicyclic) bond motifs is 3. The highest BCUT2D eigenvalue weighted by molar-refractivity contribution is 7.18. The maximum atomic E-state index is 13.5. The van der Waals surface area contributed by atoms with Crippen molar-refractivity contribution < 1.29 is 18.0 Å². The van der Waals surface area contributed by atoms with Crippen LogP contribution in [0.4, 0.5) is 18.9 Å². The summed E-state index contributed by atoms with van der Waals surface area (Å²) in [5.41, 5.74) is -0.395. The summed E-state index contributed by atoms with van der Waals surface area (Å²) in [5.74, 6) is -0.245. The minimum atomic E-state index is -4.58. The number of nitrogens with zero attached hydrogens (tertiary/aromatic N) is 3. The minimum absolute atomic E-state index is 0.0299. The molecule has 0 unspecified atom stereocenters. The zero-order valence-corrected chi connectivity index (χ0v) is 19.6. The Hall–Kier alpha value is -2.43. The standard InChI is InChI=1S/C22H22ClF3N4O2S/c1-29(2)10-17-28-20-19(13-5-3-4-6-16(13)33-20)21(32)30(17)11-18(31)27-15-9-12(22(24,25)26)7-8-14(15)23/h7-9H,3-6,10-11H2,1-2H3,(H,27,31). The Kier molecular flexibility index (Phi) is 6.52. The van der Waals surface area contributed by atoms with E-state index in [2.05, 4.69) is 5.32 Å². The Morgan fingerprint density at radius 3 is 2.70 bits per heavy atom. The summed E-state index contributed by atoms with van der Waals surface area (Å²) in [6.07, 6.45) is -0.809. The summed E-state index contributed by atoms with van der Waals surface area (Å²) in [5, 5.41) is 2.93. The normalized spacial score (nSPS) is 14.0. The van der Waals surface area contributed by atoms with Crippen LogP contribution in [-0.2, 0) is 36.9 Å². The number of hydrogen-bond donors (Lipinski definition) is 1. The smallest absolute Gasteiger partial charge is 0.323 e. The van der Waals surface area contributed by atoms with Gasteiger partial charge < -0.3 is 10.2 Å². The third-order valence-electron chi connectivity index (χ3n) is 5.48. The third-order valence-corrected chi connectivity index (χ3v) is 7.00. The van der Waals surface area contributed by atoms with Gasteiger partial charge in [0.2, 0.25) is 5.91 Å². The lowest BCUT2D eigenvalue weighted by molar-refractivity contribution is -0.137. The molecule has 11 heteroatoms. The zero-order valence-electron chi connectivity index (χ0n) is 18.1. The Balaban J connectivity index is 1.71. The fraction of sp³-hybridized carbons (Fsp3) is 0.409. The van der Waals surface area contributed by atoms with Crippen molar-refractivity contribution >= 4 is 44.7 Å². The largest absolute Gasteiger partial charge is 0.416 e. The molecule has 0 radical (unpaired) electrons. The molecule has 33 heavy (non-hydrogen) atoms. The first-order valence-electron chi connectivity index (χ1n) is 10.4. The SMILES string of the molecule is CN(C)Cc1nc2sc3c(c2c(=O)n1CC(=O)Nc1cc(C(F)(F)F)ccc1Cl)CCCC3. The first-order valence-corrected chi connectivity index (χ1v) is 11.6. The Labute approximate surface area is 197 Å². The van der Waals surface area contributed by atoms with Gasteiger partial charge in [-0.1, -0.05) is 11.6 Å². The van der Waals surface area contributed by atoms with Gasteiger partial charge >= 0.3 is 6.18 Å². The van der Waals surface area contributed by atoms with Crippen LogP contribution in [0.1, 0.15) is 34.7 Å². The summed E-state index contributed by atoms with van der Waals surface area (Å²) < 4.78 is 40.5. The molecule has 2 heterocycles. The van der Waals surface area contributed by atoms with Crippen LogP contribution in [0.25, 0.3) is 10.2 Å². The Morgan fingerprint density at radius 2 is 2.00 bits per heavy atom. The molecular weight excluding hydrogens is 477 g/mol. The number of carbonyl (C=O) groups excluding carboxylic acids is 1. The number of amides is 1. The molecule has 176 valence electrons. The van der Waals surface area contributed by atoms with Gasteiger partial charge in [-0.15, -0.1) is 11.3 Å². The van der Waals surface area contributed by atoms with Gasteiger partial charge in [-0.2, -0.15) is 13.2 Å². The van der Waals surface area contributed by atoms with Crippen LogP contribution >= 0.6 is 22.9 Å². The summed E-state index contributed by atoms with van der Waals surface area (Å²) in [6, 6.07) is 2.70. The predicted molar refractivity (Wildman–Crippen MR) is 123 cm³/mol. The summed E-state index contributed by atoms with van der Waals surface area (Å²) in [6.45, 7) is -0.0620. The molecule has 2 aromatic heterocycles. The van der Waals surface area contributed by atoms with Gasteiger partial charge in [0.25, 0.3) is 5.56 Å². The number of rotatable bonds is 5. The van der Waals surface area contributed by atoms with Crippen LogP contribution < -0.4 is 10.9 Å². The number of nitrogens with one attached hydrogen (secondary N) is 1. The van der Waals surface area contributed by atoms with E-state index in [-0.39, 0.29) is 22.8 Å². The van der Waals surface area contributed by atoms with Crippen LogP contribution in [0.2, 0.25) is 5.02 Å². The van der Waals surface area contributed by atoms with Crippen LogP contribution in [0, 0.1) is 0 Å². The van der Waals surface area contributed by atoms with Crippen molar-refractivity contribution in [3.63, 3.8) is 0 Å². The molecule has 0 saturated carbocycles. The van der Waals surface area contributed by atoms with Crippen LogP contribution in [0.3, 0.4) is 0 Å². The Morgan fingerprint density at radius 1 is 1.27 bits per heavy atom. The second kappa shape index (κ2) is 9.08. The number of thiophene rings is 1. The van der Waals surface area contributed by atoms with E-state index in [1.54, 1.807) is 0 Å². The summed E-state index contributed by atoms with van der Waals surface area (Å²) >= 11 is 7.52. The number of anilines is 1. The maximum absolute atomic E-state index is 13.5. The zero-order chi connectivity index (χ0) is 23.9. The minimum Gasteiger partial charge on any atom is -0.323 e. The fourth-order valence-electron chi connectivity index (χ4n) is 3.98. The first kappa shape index (κ1) is 23.7. The quantitative estimate of drug-likeness (QED) is 0.553. The topological polar surface area (TPSA) is 67.2 Å². The highest BCUT2D eigenvalue weighted by atomic mass is 35.5. The highest BCUT2D eigenvalue weighted by Gasteiger charge is 2.31. The number of carbonyl (C=O) groups is 1. The van der Waals surface area contributed by atoms with Gasteiger partial charge in [-0.3, -0.25) is 14.2 Å². The summed E-state index contributed by atoms with van der Waals surface area (Å²) in [4.78, 5) is 34.6. The number of benzene rings is 1. The number of halogens is 4. The molecule has 3 aromatic rings. The molecule has 4 rings (SSSR count). The first-order chi connectivity index (χ1) is 15.5. The van der Waals surface area contributed by atoms with E-state index in [4.69, 9.17) is 16.6 Å². The lowest BCUT2D eigenvalue weighted by atomic mass is 9.97. The fourth-order valence-corrected chi connectivity index (χ4v) is 5.41. The molecule has 1 aliphatic rings. The van der Waals surface area contributed by atoms with E-state index >= 15 is 0 Å². The Bertz CT molecular complexity index is 1280. The van der Waals surface area contributed by atoms with E-state index in [0.29, 0.717) is 22.6 Å². The molecule has 0 aliphatic heterocycles. The van der Waals surface area contributed by atoms with Gasteiger partial charge in [0.15, 0.2) is 0 Å². The van der Waals surface area contributed by atoms with Gasteiger partial charge in [0.05, 0.1) is 28.2 Å². The number of aromatic nitrogens is 2. The molecule has 1 N–H and O–H groups in total. The molecule has 0 atom stereocenters. The molecule has 6 nitrogen and oxygen atoms in total. The van der Waals surface area contributed by atoms with E-state index in [0.717, 1.165) is 54.3 Å². The number of alkyl halides is 3. The van der Waals surface area contributed by atoms with Crippen molar-refractivity contribution in [3.05, 3.63) is 55.4 Å². The lowest BCUT2D eigenvalue weighted by Gasteiger charge is -2.17. The average molecular weight is 499 g/mol. The van der Waals surface area contributed by atoms with Crippen molar-refractivity contribution in [2.24, 2.45) is 0 Å². The molecule has 1 aliphatic carbocycles. The highest BCUT2D eigenvalue weighted by Crippen LogP contribution is 2.35. The molecule has 0 fully saturated rings. The van der Waals surface area contributed by atoms with Gasteiger partial charge in [-0.05, 0) is 63.5 Å². The third kappa shape index (κ3) is 4.92. The second-order valence-corrected chi connectivity index (χ2v) is 9.78. The molecular formula is C22H22ClF3N4O2S. The van der Waals surface area contributed by atoms with Crippen molar-refractivity contribution in [1.82, 2.24) is 14.5 Å². The molecule has 1 aromatic carbocycles. The summed E-state index contributed by atoms with van der Waals surface area (Å²) in [7, 11) is 3.64. The monoisotopic (exact) mass is 498 g/mol. The predicted octanol–water partition coefficient (Wildman–Crippen LogP) is 4.71. The van der Waals surface area contributed by atoms with Crippen molar-refractivity contribution in [3.8, 4) is 0 Å². The molecule has 1 amide bonds. The van der Waals surface area contributed by atoms with Crippen molar-refractivity contribution in [2.45, 2.75) is 44.9 Å². The van der Waals surface area contributed by atoms with E-state index < -0.39 is 17.6 Å². The van der Waals surface area contributed by atoms with Gasteiger partial charge in [0, 0.05) is 4.88 Å². The van der Waals surface area contributed by atoms with Crippen molar-refractivity contribution in [1.29, 1.82) is 0 Å². The molecule has 0 spiro atoms. The average Bonchev–Trinajstić information content (AvgIpc) is 3.09. The lowest BCUT2D eigenvalue weighted by Crippen LogP contribution is -2.33. The van der Waals surface area contributed by atoms with Crippen LogP contribution in [0.5, 0.6) is 0 Å². The van der Waals surface area contributed by atoms with Crippen LogP contribution in [0.15, 0.2) is 23.0 Å². The number of hydrogen-bond acceptors (Lipinski definition) is 5. The van der Waals surface area contributed by atoms with Gasteiger partial charge in [-0.25, -0.2) is 4.98 Å². The molecule has 0 bridgehead atoms. The van der Waals surface area contributed by atoms with Gasteiger partial charge in [0.1, 0.15) is 17.2 Å². The van der Waals surface area contributed by atoms with E-state index in [9.17, 15) is 22.8 Å². The molecule has 0 saturated heterocycles. The van der Waals surface area contributed by atoms with E-state index in [1.807, 2.05) is 19.0 Å². The van der Waals surface area contributed by atoms with E-state index in [1.165, 1.54) is 15.9 Å². The number of aryl methyl sites for hydroxylation is 2. The maximum Gasteiger partial charge on any atom is 0.416 e.